The summed E-state index contributed by atoms with van der Waals surface area (Å²) in [6, 6.07) is 7.57. The van der Waals surface area contributed by atoms with Gasteiger partial charge in [-0.2, -0.15) is 0 Å². The molecule has 204 valence electrons. The van der Waals surface area contributed by atoms with Crippen molar-refractivity contribution >= 4 is 16.9 Å². The Kier molecular flexibility index (Phi) is 8.15. The zero-order valence-electron chi connectivity index (χ0n) is 22.3. The maximum absolute atomic E-state index is 14.6. The van der Waals surface area contributed by atoms with E-state index in [4.69, 9.17) is 14.5 Å². The fraction of sp³-hybridized carbons (Fsp3) is 0.533. The molecule has 8 heteroatoms. The van der Waals surface area contributed by atoms with Crippen molar-refractivity contribution in [3.05, 3.63) is 53.4 Å². The maximum Gasteiger partial charge on any atom is 0.243 e. The highest BCUT2D eigenvalue weighted by Gasteiger charge is 2.35. The van der Waals surface area contributed by atoms with E-state index in [-0.39, 0.29) is 17.9 Å². The van der Waals surface area contributed by atoms with E-state index in [1.807, 2.05) is 22.8 Å². The number of hydrogen-bond donors (Lipinski definition) is 1. The Bertz CT molecular complexity index is 1280. The van der Waals surface area contributed by atoms with E-state index in [1.54, 1.807) is 14.2 Å². The minimum atomic E-state index is -0.944. The van der Waals surface area contributed by atoms with Crippen LogP contribution >= 0.6 is 0 Å². The number of imidazole rings is 1. The Labute approximate surface area is 222 Å². The summed E-state index contributed by atoms with van der Waals surface area (Å²) in [6.07, 6.45) is 10.9. The zero-order valence-corrected chi connectivity index (χ0v) is 22.3. The monoisotopic (exact) mass is 525 g/mol. The first-order chi connectivity index (χ1) is 18.5. The van der Waals surface area contributed by atoms with Crippen molar-refractivity contribution in [1.29, 1.82) is 0 Å². The largest absolute Gasteiger partial charge is 0.493 e. The highest BCUT2D eigenvalue weighted by Crippen LogP contribution is 2.38. The summed E-state index contributed by atoms with van der Waals surface area (Å²) in [5.41, 5.74) is 1.70. The van der Waals surface area contributed by atoms with Crippen LogP contribution in [0.5, 0.6) is 11.5 Å². The van der Waals surface area contributed by atoms with Crippen molar-refractivity contribution in [1.82, 2.24) is 14.9 Å². The van der Waals surface area contributed by atoms with Gasteiger partial charge in [0.05, 0.1) is 25.3 Å². The van der Waals surface area contributed by atoms with Crippen LogP contribution in [0.25, 0.3) is 11.0 Å². The minimum Gasteiger partial charge on any atom is -0.493 e. The smallest absolute Gasteiger partial charge is 0.243 e. The van der Waals surface area contributed by atoms with E-state index in [2.05, 4.69) is 5.32 Å². The molecule has 0 radical (unpaired) electrons. The number of fused-ring (bicyclic) bond motifs is 1. The number of ether oxygens (including phenoxy) is 2. The SMILES string of the molecule is COc1ccc(Cc2nc3cc(F)c(F)cc3n2C(C(=O)NC2CCCCC2)C2CCCCC2)cc1OC. The average molecular weight is 526 g/mol. The minimum absolute atomic E-state index is 0.0404. The summed E-state index contributed by atoms with van der Waals surface area (Å²) >= 11 is 0. The Morgan fingerprint density at radius 1 is 0.947 bits per heavy atom. The quantitative estimate of drug-likeness (QED) is 0.365. The summed E-state index contributed by atoms with van der Waals surface area (Å²) in [6.45, 7) is 0. The van der Waals surface area contributed by atoms with Gasteiger partial charge in [0.2, 0.25) is 5.91 Å². The lowest BCUT2D eigenvalue weighted by molar-refractivity contribution is -0.127. The molecule has 3 aromatic rings. The van der Waals surface area contributed by atoms with Crippen LogP contribution in [0.15, 0.2) is 30.3 Å². The molecule has 1 amide bonds. The molecule has 1 unspecified atom stereocenters. The summed E-state index contributed by atoms with van der Waals surface area (Å²) in [5, 5.41) is 3.33. The number of hydrogen-bond acceptors (Lipinski definition) is 4. The van der Waals surface area contributed by atoms with Crippen molar-refractivity contribution in [2.45, 2.75) is 82.7 Å². The number of nitrogens with one attached hydrogen (secondary N) is 1. The standard InChI is InChI=1S/C30H37F2N3O3/c1-37-26-14-13-19(15-27(26)38-2)16-28-34-24-17-22(31)23(32)18-25(24)35(28)29(20-9-5-3-6-10-20)30(36)33-21-11-7-4-8-12-21/h13-15,17-18,20-21,29H,3-12,16H2,1-2H3,(H,33,36). The molecule has 1 N–H and O–H groups in total. The molecule has 1 aromatic heterocycles. The number of amides is 1. The lowest BCUT2D eigenvalue weighted by Gasteiger charge is -2.33. The molecule has 2 fully saturated rings. The Morgan fingerprint density at radius 3 is 2.29 bits per heavy atom. The third kappa shape index (κ3) is 5.49. The first kappa shape index (κ1) is 26.4. The van der Waals surface area contributed by atoms with Crippen LogP contribution < -0.4 is 14.8 Å². The number of methoxy groups -OCH3 is 2. The molecule has 0 aliphatic heterocycles. The van der Waals surface area contributed by atoms with E-state index in [0.717, 1.165) is 69.4 Å². The molecule has 0 saturated heterocycles. The third-order valence-corrected chi connectivity index (χ3v) is 8.21. The van der Waals surface area contributed by atoms with Gasteiger partial charge in [-0.25, -0.2) is 13.8 Å². The molecule has 2 saturated carbocycles. The molecule has 6 nitrogen and oxygen atoms in total. The van der Waals surface area contributed by atoms with Gasteiger partial charge in [-0.3, -0.25) is 4.79 Å². The Hall–Kier alpha value is -3.16. The second-order valence-electron chi connectivity index (χ2n) is 10.7. The molecule has 1 atom stereocenters. The topological polar surface area (TPSA) is 65.4 Å². The van der Waals surface area contributed by atoms with Crippen LogP contribution in [-0.4, -0.2) is 35.7 Å². The van der Waals surface area contributed by atoms with Crippen molar-refractivity contribution in [3.63, 3.8) is 0 Å². The average Bonchev–Trinajstić information content (AvgIpc) is 3.26. The van der Waals surface area contributed by atoms with Crippen LogP contribution in [0, 0.1) is 17.6 Å². The molecule has 0 bridgehead atoms. The van der Waals surface area contributed by atoms with Gasteiger partial charge in [0.1, 0.15) is 11.9 Å². The zero-order chi connectivity index (χ0) is 26.6. The summed E-state index contributed by atoms with van der Waals surface area (Å²) in [4.78, 5) is 18.8. The normalized spacial score (nSPS) is 17.9. The van der Waals surface area contributed by atoms with Gasteiger partial charge in [0, 0.05) is 24.6 Å². The lowest BCUT2D eigenvalue weighted by atomic mass is 9.82. The van der Waals surface area contributed by atoms with E-state index < -0.39 is 17.7 Å². The number of halogens is 2. The van der Waals surface area contributed by atoms with Crippen molar-refractivity contribution < 1.29 is 23.0 Å². The molecule has 2 aliphatic carbocycles. The number of rotatable bonds is 8. The second kappa shape index (κ2) is 11.7. The van der Waals surface area contributed by atoms with Gasteiger partial charge in [0.15, 0.2) is 23.1 Å². The summed E-state index contributed by atoms with van der Waals surface area (Å²) in [7, 11) is 3.16. The van der Waals surface area contributed by atoms with Gasteiger partial charge in [-0.1, -0.05) is 44.6 Å². The fourth-order valence-electron chi connectivity index (χ4n) is 6.27. The van der Waals surface area contributed by atoms with Crippen molar-refractivity contribution in [3.8, 4) is 11.5 Å². The predicted molar refractivity (Wildman–Crippen MR) is 143 cm³/mol. The number of carbonyl (C=O) groups excluding carboxylic acids is 1. The van der Waals surface area contributed by atoms with Crippen molar-refractivity contribution in [2.24, 2.45) is 5.92 Å². The van der Waals surface area contributed by atoms with E-state index in [1.165, 1.54) is 12.5 Å². The van der Waals surface area contributed by atoms with E-state index in [9.17, 15) is 13.6 Å². The maximum atomic E-state index is 14.6. The van der Waals surface area contributed by atoms with Crippen molar-refractivity contribution in [2.75, 3.05) is 14.2 Å². The highest BCUT2D eigenvalue weighted by atomic mass is 19.2. The van der Waals surface area contributed by atoms with Crippen LogP contribution in [0.2, 0.25) is 0 Å². The molecule has 0 spiro atoms. The van der Waals surface area contributed by atoms with Crippen LogP contribution in [-0.2, 0) is 11.2 Å². The molecule has 2 aliphatic rings. The van der Waals surface area contributed by atoms with Crippen LogP contribution in [0.1, 0.15) is 81.6 Å². The first-order valence-electron chi connectivity index (χ1n) is 13.9. The number of aromatic nitrogens is 2. The molecule has 38 heavy (non-hydrogen) atoms. The molecule has 5 rings (SSSR count). The molecule has 1 heterocycles. The highest BCUT2D eigenvalue weighted by molar-refractivity contribution is 5.85. The predicted octanol–water partition coefficient (Wildman–Crippen LogP) is 6.49. The molecule has 2 aromatic carbocycles. The number of carbonyl (C=O) groups is 1. The second-order valence-corrected chi connectivity index (χ2v) is 10.7. The van der Waals surface area contributed by atoms with Gasteiger partial charge in [-0.15, -0.1) is 0 Å². The van der Waals surface area contributed by atoms with Crippen LogP contribution in [0.4, 0.5) is 8.78 Å². The molecular weight excluding hydrogens is 488 g/mol. The number of benzene rings is 2. The van der Waals surface area contributed by atoms with Gasteiger partial charge < -0.3 is 19.4 Å². The lowest BCUT2D eigenvalue weighted by Crippen LogP contribution is -2.43. The van der Waals surface area contributed by atoms with Gasteiger partial charge >= 0.3 is 0 Å². The third-order valence-electron chi connectivity index (χ3n) is 8.21. The van der Waals surface area contributed by atoms with E-state index >= 15 is 0 Å². The Balaban J connectivity index is 1.60. The van der Waals surface area contributed by atoms with Crippen LogP contribution in [0.3, 0.4) is 0 Å². The van der Waals surface area contributed by atoms with Gasteiger partial charge in [0.25, 0.3) is 0 Å². The summed E-state index contributed by atoms with van der Waals surface area (Å²) in [5.74, 6) is -0.0217. The summed E-state index contributed by atoms with van der Waals surface area (Å²) < 4.78 is 41.6. The van der Waals surface area contributed by atoms with Gasteiger partial charge in [-0.05, 0) is 49.3 Å². The number of nitrogens with zero attached hydrogens (tertiary/aromatic N) is 2. The van der Waals surface area contributed by atoms with E-state index in [0.29, 0.717) is 34.8 Å². The molecular formula is C30H37F2N3O3. The Morgan fingerprint density at radius 2 is 1.61 bits per heavy atom. The fourth-order valence-corrected chi connectivity index (χ4v) is 6.27. The first-order valence-corrected chi connectivity index (χ1v) is 13.9.